The highest BCUT2D eigenvalue weighted by Crippen LogP contribution is 2.32. The van der Waals surface area contributed by atoms with Crippen LogP contribution in [0.3, 0.4) is 0 Å². The van der Waals surface area contributed by atoms with Gasteiger partial charge in [0.1, 0.15) is 5.82 Å². The second kappa shape index (κ2) is 5.57. The molecule has 4 heteroatoms. The van der Waals surface area contributed by atoms with Gasteiger partial charge in [0.05, 0.1) is 18.8 Å². The van der Waals surface area contributed by atoms with E-state index >= 15 is 0 Å². The molecule has 0 bridgehead atoms. The summed E-state index contributed by atoms with van der Waals surface area (Å²) in [6.07, 6.45) is 0.438. The van der Waals surface area contributed by atoms with Gasteiger partial charge >= 0.3 is 0 Å². The maximum absolute atomic E-state index is 14.1. The molecule has 2 unspecified atom stereocenters. The van der Waals surface area contributed by atoms with Crippen LogP contribution < -0.4 is 5.32 Å². The Kier molecular flexibility index (Phi) is 4.23. The van der Waals surface area contributed by atoms with Crippen LogP contribution in [0.1, 0.15) is 30.0 Å². The summed E-state index contributed by atoms with van der Waals surface area (Å²) in [4.78, 5) is 0. The SMILES string of the molecule is Cc1cc(C)c(C(C)(O)CC2COCCN2)c(F)c1. The number of aryl methyl sites for hydroxylation is 2. The van der Waals surface area contributed by atoms with E-state index in [2.05, 4.69) is 5.32 Å². The molecule has 19 heavy (non-hydrogen) atoms. The lowest BCUT2D eigenvalue weighted by Crippen LogP contribution is -2.45. The molecule has 2 atom stereocenters. The number of nitrogens with one attached hydrogen (secondary N) is 1. The Balaban J connectivity index is 2.23. The lowest BCUT2D eigenvalue weighted by Gasteiger charge is -2.33. The lowest BCUT2D eigenvalue weighted by atomic mass is 9.85. The van der Waals surface area contributed by atoms with Crippen molar-refractivity contribution >= 4 is 0 Å². The van der Waals surface area contributed by atoms with E-state index in [-0.39, 0.29) is 11.9 Å². The number of hydrogen-bond acceptors (Lipinski definition) is 3. The van der Waals surface area contributed by atoms with E-state index in [9.17, 15) is 9.50 Å². The van der Waals surface area contributed by atoms with Gasteiger partial charge in [-0.15, -0.1) is 0 Å². The van der Waals surface area contributed by atoms with Crippen LogP contribution in [0.4, 0.5) is 4.39 Å². The third kappa shape index (κ3) is 3.32. The minimum Gasteiger partial charge on any atom is -0.385 e. The Morgan fingerprint density at radius 1 is 1.47 bits per heavy atom. The molecule has 0 aromatic heterocycles. The van der Waals surface area contributed by atoms with Gasteiger partial charge < -0.3 is 15.2 Å². The summed E-state index contributed by atoms with van der Waals surface area (Å²) >= 11 is 0. The first-order valence-corrected chi connectivity index (χ1v) is 6.71. The Morgan fingerprint density at radius 2 is 2.21 bits per heavy atom. The zero-order chi connectivity index (χ0) is 14.0. The highest BCUT2D eigenvalue weighted by Gasteiger charge is 2.32. The molecule has 3 nitrogen and oxygen atoms in total. The maximum Gasteiger partial charge on any atom is 0.129 e. The average molecular weight is 267 g/mol. The molecular weight excluding hydrogens is 245 g/mol. The molecule has 1 aliphatic rings. The van der Waals surface area contributed by atoms with Crippen molar-refractivity contribution < 1.29 is 14.2 Å². The summed E-state index contributed by atoms with van der Waals surface area (Å²) in [7, 11) is 0. The summed E-state index contributed by atoms with van der Waals surface area (Å²) < 4.78 is 19.5. The number of halogens is 1. The molecule has 0 amide bonds. The largest absolute Gasteiger partial charge is 0.385 e. The van der Waals surface area contributed by atoms with Crippen molar-refractivity contribution in [2.24, 2.45) is 0 Å². The Morgan fingerprint density at radius 3 is 2.79 bits per heavy atom. The number of benzene rings is 1. The predicted molar refractivity (Wildman–Crippen MR) is 72.7 cm³/mol. The summed E-state index contributed by atoms with van der Waals surface area (Å²) in [5.74, 6) is -0.334. The minimum absolute atomic E-state index is 0.0591. The first kappa shape index (κ1) is 14.4. The normalized spacial score (nSPS) is 23.1. The van der Waals surface area contributed by atoms with Crippen molar-refractivity contribution in [3.05, 3.63) is 34.6 Å². The topological polar surface area (TPSA) is 41.5 Å². The summed E-state index contributed by atoms with van der Waals surface area (Å²) in [6.45, 7) is 7.38. The van der Waals surface area contributed by atoms with Gasteiger partial charge in [0.15, 0.2) is 0 Å². The summed E-state index contributed by atoms with van der Waals surface area (Å²) in [5.41, 5.74) is 0.860. The Hall–Kier alpha value is -0.970. The smallest absolute Gasteiger partial charge is 0.129 e. The molecule has 1 saturated heterocycles. The average Bonchev–Trinajstić information content (AvgIpc) is 2.27. The van der Waals surface area contributed by atoms with E-state index in [0.29, 0.717) is 25.2 Å². The van der Waals surface area contributed by atoms with Crippen molar-refractivity contribution in [2.45, 2.75) is 38.8 Å². The zero-order valence-corrected chi connectivity index (χ0v) is 11.8. The predicted octanol–water partition coefficient (Wildman–Crippen LogP) is 2.03. The van der Waals surface area contributed by atoms with Crippen LogP contribution in [0.15, 0.2) is 12.1 Å². The molecule has 0 saturated carbocycles. The fourth-order valence-corrected chi connectivity index (χ4v) is 2.93. The molecule has 0 spiro atoms. The second-order valence-corrected chi connectivity index (χ2v) is 5.64. The Bertz CT molecular complexity index is 430. The third-order valence-electron chi connectivity index (χ3n) is 3.61. The molecule has 1 heterocycles. The van der Waals surface area contributed by atoms with Crippen molar-refractivity contribution in [3.63, 3.8) is 0 Å². The van der Waals surface area contributed by atoms with Crippen molar-refractivity contribution in [1.29, 1.82) is 0 Å². The third-order valence-corrected chi connectivity index (χ3v) is 3.61. The van der Waals surface area contributed by atoms with Gasteiger partial charge in [0.25, 0.3) is 0 Å². The molecular formula is C15H22FNO2. The van der Waals surface area contributed by atoms with Gasteiger partial charge in [-0.25, -0.2) is 4.39 Å². The van der Waals surface area contributed by atoms with Gasteiger partial charge in [0.2, 0.25) is 0 Å². The molecule has 106 valence electrons. The number of aliphatic hydroxyl groups is 1. The van der Waals surface area contributed by atoms with E-state index in [1.54, 1.807) is 6.92 Å². The molecule has 1 aromatic carbocycles. The highest BCUT2D eigenvalue weighted by molar-refractivity contribution is 5.36. The van der Waals surface area contributed by atoms with Crippen LogP contribution in [0.2, 0.25) is 0 Å². The van der Waals surface area contributed by atoms with Gasteiger partial charge in [-0.3, -0.25) is 0 Å². The van der Waals surface area contributed by atoms with Gasteiger partial charge in [-0.2, -0.15) is 0 Å². The number of hydrogen-bond donors (Lipinski definition) is 2. The van der Waals surface area contributed by atoms with E-state index in [1.165, 1.54) is 6.07 Å². The number of morpholine rings is 1. The Labute approximate surface area is 113 Å². The standard InChI is InChI=1S/C15H22FNO2/c1-10-6-11(2)14(13(16)7-10)15(3,18)8-12-9-19-5-4-17-12/h6-7,12,17-18H,4-5,8-9H2,1-3H3. The number of ether oxygens (including phenoxy) is 1. The second-order valence-electron chi connectivity index (χ2n) is 5.64. The van der Waals surface area contributed by atoms with Gasteiger partial charge in [0, 0.05) is 18.2 Å². The van der Waals surface area contributed by atoms with E-state index < -0.39 is 5.60 Å². The quantitative estimate of drug-likeness (QED) is 0.880. The van der Waals surface area contributed by atoms with Crippen LogP contribution in [-0.4, -0.2) is 30.9 Å². The van der Waals surface area contributed by atoms with Crippen molar-refractivity contribution in [3.8, 4) is 0 Å². The van der Waals surface area contributed by atoms with Crippen molar-refractivity contribution in [1.82, 2.24) is 5.32 Å². The molecule has 1 fully saturated rings. The first-order valence-electron chi connectivity index (χ1n) is 6.71. The highest BCUT2D eigenvalue weighted by atomic mass is 19.1. The fraction of sp³-hybridized carbons (Fsp3) is 0.600. The molecule has 1 aliphatic heterocycles. The van der Waals surface area contributed by atoms with Gasteiger partial charge in [-0.05, 0) is 44.4 Å². The van der Waals surface area contributed by atoms with Crippen LogP contribution in [0.5, 0.6) is 0 Å². The molecule has 2 N–H and O–H groups in total. The molecule has 0 radical (unpaired) electrons. The number of rotatable bonds is 3. The fourth-order valence-electron chi connectivity index (χ4n) is 2.93. The van der Waals surface area contributed by atoms with E-state index in [1.807, 2.05) is 19.9 Å². The van der Waals surface area contributed by atoms with Crippen LogP contribution in [0.25, 0.3) is 0 Å². The first-order chi connectivity index (χ1) is 8.90. The molecule has 2 rings (SSSR count). The van der Waals surface area contributed by atoms with Crippen LogP contribution in [0, 0.1) is 19.7 Å². The monoisotopic (exact) mass is 267 g/mol. The zero-order valence-electron chi connectivity index (χ0n) is 11.8. The summed E-state index contributed by atoms with van der Waals surface area (Å²) in [6, 6.07) is 3.43. The molecule has 1 aromatic rings. The van der Waals surface area contributed by atoms with Crippen LogP contribution in [-0.2, 0) is 10.3 Å². The van der Waals surface area contributed by atoms with Crippen molar-refractivity contribution in [2.75, 3.05) is 19.8 Å². The van der Waals surface area contributed by atoms with E-state index in [4.69, 9.17) is 4.74 Å². The maximum atomic E-state index is 14.1. The lowest BCUT2D eigenvalue weighted by molar-refractivity contribution is 0.000710. The van der Waals surface area contributed by atoms with Gasteiger partial charge in [-0.1, -0.05) is 6.07 Å². The molecule has 0 aliphatic carbocycles. The van der Waals surface area contributed by atoms with E-state index in [0.717, 1.165) is 17.7 Å². The summed E-state index contributed by atoms with van der Waals surface area (Å²) in [5, 5.41) is 13.9. The van der Waals surface area contributed by atoms with Crippen LogP contribution >= 0.6 is 0 Å². The minimum atomic E-state index is -1.19.